The average Bonchev–Trinajstić information content (AvgIpc) is 2.68. The zero-order valence-electron chi connectivity index (χ0n) is 12.0. The first-order chi connectivity index (χ1) is 9.40. The van der Waals surface area contributed by atoms with Gasteiger partial charge < -0.3 is 9.84 Å². The average molecular weight is 275 g/mol. The van der Waals surface area contributed by atoms with E-state index in [9.17, 15) is 10.1 Å². The fraction of sp³-hybridized carbons (Fsp3) is 0.357. The second-order valence-electron chi connectivity index (χ2n) is 4.87. The van der Waals surface area contributed by atoms with E-state index in [1.54, 1.807) is 13.0 Å². The summed E-state index contributed by atoms with van der Waals surface area (Å²) in [4.78, 5) is 10.6. The minimum absolute atomic E-state index is 0.122. The Morgan fingerprint density at radius 1 is 1.25 bits per heavy atom. The van der Waals surface area contributed by atoms with E-state index < -0.39 is 0 Å². The van der Waals surface area contributed by atoms with Crippen LogP contribution in [-0.2, 0) is 6.54 Å². The maximum Gasteiger partial charge on any atom is 0.274 e. The number of nitro benzene ring substituents is 1. The smallest absolute Gasteiger partial charge is 0.274 e. The van der Waals surface area contributed by atoms with Crippen molar-refractivity contribution in [2.75, 3.05) is 5.32 Å². The predicted octanol–water partition coefficient (Wildman–Crippen LogP) is 3.43. The molecule has 2 rings (SSSR count). The van der Waals surface area contributed by atoms with E-state index in [4.69, 9.17) is 4.52 Å². The van der Waals surface area contributed by atoms with Crippen LogP contribution in [0.25, 0.3) is 0 Å². The summed E-state index contributed by atoms with van der Waals surface area (Å²) in [5, 5.41) is 18.1. The summed E-state index contributed by atoms with van der Waals surface area (Å²) in [6, 6.07) is 3.39. The van der Waals surface area contributed by atoms with Gasteiger partial charge in [0.25, 0.3) is 5.69 Å². The standard InChI is InChI=1S/C14H17N3O3/c1-8-5-9(2)14(17(18)19)6-13(8)15-7-12-10(3)16-20-11(12)4/h5-6,15H,7H2,1-4H3. The number of benzene rings is 1. The van der Waals surface area contributed by atoms with Gasteiger partial charge in [-0.3, -0.25) is 10.1 Å². The van der Waals surface area contributed by atoms with Crippen molar-refractivity contribution >= 4 is 11.4 Å². The van der Waals surface area contributed by atoms with E-state index in [1.165, 1.54) is 0 Å². The van der Waals surface area contributed by atoms with Crippen LogP contribution < -0.4 is 5.32 Å². The number of nitrogens with one attached hydrogen (secondary N) is 1. The Bertz CT molecular complexity index is 642. The fourth-order valence-corrected chi connectivity index (χ4v) is 2.17. The summed E-state index contributed by atoms with van der Waals surface area (Å²) in [7, 11) is 0. The van der Waals surface area contributed by atoms with Crippen molar-refractivity contribution in [1.29, 1.82) is 0 Å². The Morgan fingerprint density at radius 3 is 2.50 bits per heavy atom. The van der Waals surface area contributed by atoms with Crippen LogP contribution in [0.15, 0.2) is 16.7 Å². The largest absolute Gasteiger partial charge is 0.380 e. The lowest BCUT2D eigenvalue weighted by Crippen LogP contribution is -2.04. The van der Waals surface area contributed by atoms with Crippen molar-refractivity contribution in [2.45, 2.75) is 34.2 Å². The molecule has 6 nitrogen and oxygen atoms in total. The highest BCUT2D eigenvalue weighted by atomic mass is 16.6. The van der Waals surface area contributed by atoms with Gasteiger partial charge >= 0.3 is 0 Å². The highest BCUT2D eigenvalue weighted by Crippen LogP contribution is 2.27. The Kier molecular flexibility index (Phi) is 3.74. The molecule has 20 heavy (non-hydrogen) atoms. The van der Waals surface area contributed by atoms with Crippen molar-refractivity contribution < 1.29 is 9.45 Å². The normalized spacial score (nSPS) is 10.6. The molecule has 0 bridgehead atoms. The van der Waals surface area contributed by atoms with Crippen LogP contribution in [0, 0.1) is 37.8 Å². The summed E-state index contributed by atoms with van der Waals surface area (Å²) in [6.45, 7) is 7.91. The molecule has 0 saturated heterocycles. The molecule has 0 amide bonds. The molecule has 106 valence electrons. The van der Waals surface area contributed by atoms with Crippen LogP contribution in [0.3, 0.4) is 0 Å². The number of hydrogen-bond donors (Lipinski definition) is 1. The molecule has 6 heteroatoms. The molecular weight excluding hydrogens is 258 g/mol. The third kappa shape index (κ3) is 2.64. The molecule has 0 aliphatic heterocycles. The van der Waals surface area contributed by atoms with Gasteiger partial charge in [-0.25, -0.2) is 0 Å². The van der Waals surface area contributed by atoms with Gasteiger partial charge in [-0.1, -0.05) is 5.16 Å². The van der Waals surface area contributed by atoms with Crippen LogP contribution in [0.2, 0.25) is 0 Å². The molecule has 0 aliphatic carbocycles. The second kappa shape index (κ2) is 5.32. The lowest BCUT2D eigenvalue weighted by molar-refractivity contribution is -0.385. The number of nitrogens with zero attached hydrogens (tertiary/aromatic N) is 2. The SMILES string of the molecule is Cc1cc(C)c([N+](=O)[O-])cc1NCc1c(C)noc1C. The molecule has 1 heterocycles. The zero-order valence-corrected chi connectivity index (χ0v) is 12.0. The molecule has 2 aromatic rings. The summed E-state index contributed by atoms with van der Waals surface area (Å²) in [6.07, 6.45) is 0. The molecule has 0 unspecified atom stereocenters. The van der Waals surface area contributed by atoms with Gasteiger partial charge in [0.05, 0.1) is 10.6 Å². The van der Waals surface area contributed by atoms with E-state index in [2.05, 4.69) is 10.5 Å². The minimum atomic E-state index is -0.365. The fourth-order valence-electron chi connectivity index (χ4n) is 2.17. The van der Waals surface area contributed by atoms with Gasteiger partial charge in [0.2, 0.25) is 0 Å². The molecule has 0 fully saturated rings. The Balaban J connectivity index is 2.26. The van der Waals surface area contributed by atoms with E-state index in [0.717, 1.165) is 28.3 Å². The van der Waals surface area contributed by atoms with Crippen LogP contribution in [0.5, 0.6) is 0 Å². The Morgan fingerprint density at radius 2 is 1.95 bits per heavy atom. The lowest BCUT2D eigenvalue weighted by atomic mass is 10.1. The number of anilines is 1. The van der Waals surface area contributed by atoms with Crippen LogP contribution in [0.1, 0.15) is 28.1 Å². The van der Waals surface area contributed by atoms with Gasteiger partial charge in [-0.15, -0.1) is 0 Å². The molecule has 1 N–H and O–H groups in total. The third-order valence-corrected chi connectivity index (χ3v) is 3.38. The van der Waals surface area contributed by atoms with Gasteiger partial charge in [-0.05, 0) is 39.3 Å². The molecule has 0 aliphatic rings. The summed E-state index contributed by atoms with van der Waals surface area (Å²) >= 11 is 0. The number of rotatable bonds is 4. The van der Waals surface area contributed by atoms with Gasteiger partial charge in [0, 0.05) is 29.4 Å². The van der Waals surface area contributed by atoms with Crippen molar-refractivity contribution in [3.63, 3.8) is 0 Å². The quantitative estimate of drug-likeness (QED) is 0.683. The number of aryl methyl sites for hydroxylation is 4. The van der Waals surface area contributed by atoms with Crippen molar-refractivity contribution in [3.05, 3.63) is 50.4 Å². The van der Waals surface area contributed by atoms with E-state index in [1.807, 2.05) is 26.8 Å². The van der Waals surface area contributed by atoms with Crippen LogP contribution in [-0.4, -0.2) is 10.1 Å². The summed E-state index contributed by atoms with van der Waals surface area (Å²) in [5.41, 5.74) is 4.32. The van der Waals surface area contributed by atoms with Gasteiger partial charge in [0.1, 0.15) is 5.76 Å². The second-order valence-corrected chi connectivity index (χ2v) is 4.87. The number of hydrogen-bond acceptors (Lipinski definition) is 5. The number of aromatic nitrogens is 1. The summed E-state index contributed by atoms with van der Waals surface area (Å²) in [5.74, 6) is 0.759. The van der Waals surface area contributed by atoms with Gasteiger partial charge in [-0.2, -0.15) is 0 Å². The maximum atomic E-state index is 11.0. The van der Waals surface area contributed by atoms with Crippen LogP contribution in [0.4, 0.5) is 11.4 Å². The topological polar surface area (TPSA) is 81.2 Å². The minimum Gasteiger partial charge on any atom is -0.380 e. The molecule has 0 saturated carbocycles. The molecule has 0 spiro atoms. The first-order valence-corrected chi connectivity index (χ1v) is 6.31. The predicted molar refractivity (Wildman–Crippen MR) is 75.9 cm³/mol. The first-order valence-electron chi connectivity index (χ1n) is 6.31. The maximum absolute atomic E-state index is 11.0. The molecule has 1 aromatic carbocycles. The third-order valence-electron chi connectivity index (χ3n) is 3.38. The lowest BCUT2D eigenvalue weighted by Gasteiger charge is -2.10. The highest BCUT2D eigenvalue weighted by Gasteiger charge is 2.14. The molecule has 0 atom stereocenters. The molecule has 0 radical (unpaired) electrons. The van der Waals surface area contributed by atoms with Crippen molar-refractivity contribution in [3.8, 4) is 0 Å². The number of nitro groups is 1. The van der Waals surface area contributed by atoms with E-state index >= 15 is 0 Å². The van der Waals surface area contributed by atoms with E-state index in [0.29, 0.717) is 12.1 Å². The Hall–Kier alpha value is -2.37. The molecule has 1 aromatic heterocycles. The van der Waals surface area contributed by atoms with Crippen LogP contribution >= 0.6 is 0 Å². The first kappa shape index (κ1) is 14.0. The molecular formula is C14H17N3O3. The van der Waals surface area contributed by atoms with Gasteiger partial charge in [0.15, 0.2) is 0 Å². The van der Waals surface area contributed by atoms with Crippen molar-refractivity contribution in [1.82, 2.24) is 5.16 Å². The summed E-state index contributed by atoms with van der Waals surface area (Å²) < 4.78 is 5.10. The monoisotopic (exact) mass is 275 g/mol. The zero-order chi connectivity index (χ0) is 14.9. The Labute approximate surface area is 116 Å². The highest BCUT2D eigenvalue weighted by molar-refractivity contribution is 5.60. The van der Waals surface area contributed by atoms with E-state index in [-0.39, 0.29) is 10.6 Å². The van der Waals surface area contributed by atoms with Crippen molar-refractivity contribution in [2.24, 2.45) is 0 Å².